The number of nitrogens with one attached hydrogen (secondary N) is 1. The van der Waals surface area contributed by atoms with Crippen LogP contribution < -0.4 is 5.32 Å². The molecule has 0 saturated heterocycles. The lowest BCUT2D eigenvalue weighted by atomic mass is 9.85. The molecule has 0 unspecified atom stereocenters. The molecule has 144 valence electrons. The number of carbonyl (C=O) groups is 2. The predicted molar refractivity (Wildman–Crippen MR) is 103 cm³/mol. The first kappa shape index (κ1) is 20.4. The number of carboxylic acids is 1. The van der Waals surface area contributed by atoms with Gasteiger partial charge in [-0.1, -0.05) is 52.0 Å². The summed E-state index contributed by atoms with van der Waals surface area (Å²) < 4.78 is 0. The van der Waals surface area contributed by atoms with Crippen LogP contribution in [0.4, 0.5) is 0 Å². The first-order chi connectivity index (χ1) is 12.2. The molecule has 5 heteroatoms. The van der Waals surface area contributed by atoms with Crippen molar-refractivity contribution in [3.63, 3.8) is 0 Å². The van der Waals surface area contributed by atoms with Crippen LogP contribution in [0, 0.1) is 0 Å². The Balaban J connectivity index is 1.71. The van der Waals surface area contributed by atoms with Gasteiger partial charge in [-0.3, -0.25) is 14.5 Å². The Morgan fingerprint density at radius 3 is 2.31 bits per heavy atom. The van der Waals surface area contributed by atoms with Crippen LogP contribution in [-0.4, -0.2) is 47.1 Å². The molecule has 0 heterocycles. The summed E-state index contributed by atoms with van der Waals surface area (Å²) in [6.07, 6.45) is 2.91. The molecule has 5 nitrogen and oxygen atoms in total. The van der Waals surface area contributed by atoms with Crippen molar-refractivity contribution in [2.75, 3.05) is 13.1 Å². The highest BCUT2D eigenvalue weighted by Crippen LogP contribution is 2.26. The van der Waals surface area contributed by atoms with E-state index in [2.05, 4.69) is 50.4 Å². The summed E-state index contributed by atoms with van der Waals surface area (Å²) in [6.45, 7) is 9.35. The van der Waals surface area contributed by atoms with Crippen molar-refractivity contribution in [2.24, 2.45) is 0 Å². The molecular weight excluding hydrogens is 328 g/mol. The maximum atomic E-state index is 12.2. The second-order valence-corrected chi connectivity index (χ2v) is 8.29. The van der Waals surface area contributed by atoms with Gasteiger partial charge in [-0.15, -0.1) is 0 Å². The zero-order chi connectivity index (χ0) is 19.3. The van der Waals surface area contributed by atoms with Crippen molar-refractivity contribution in [3.05, 3.63) is 35.4 Å². The molecule has 0 spiro atoms. The van der Waals surface area contributed by atoms with E-state index in [9.17, 15) is 9.59 Å². The average molecular weight is 360 g/mol. The minimum Gasteiger partial charge on any atom is -0.480 e. The van der Waals surface area contributed by atoms with Crippen molar-refractivity contribution in [1.29, 1.82) is 0 Å². The van der Waals surface area contributed by atoms with Gasteiger partial charge in [0.2, 0.25) is 5.91 Å². The minimum atomic E-state index is -0.795. The van der Waals surface area contributed by atoms with Crippen LogP contribution in [0.15, 0.2) is 24.3 Å². The van der Waals surface area contributed by atoms with E-state index in [-0.39, 0.29) is 30.0 Å². The number of carbonyl (C=O) groups excluding carboxylic acids is 1. The van der Waals surface area contributed by atoms with Crippen molar-refractivity contribution in [3.8, 4) is 0 Å². The van der Waals surface area contributed by atoms with Gasteiger partial charge in [0.05, 0.1) is 6.54 Å². The Bertz CT molecular complexity index is 613. The number of likely N-dealkylation sites (N-methyl/N-ethyl adjacent to an activating group) is 1. The monoisotopic (exact) mass is 360 g/mol. The van der Waals surface area contributed by atoms with Crippen LogP contribution in [-0.2, 0) is 21.4 Å². The summed E-state index contributed by atoms with van der Waals surface area (Å²) in [5, 5.41) is 12.0. The van der Waals surface area contributed by atoms with Crippen LogP contribution in [0.3, 0.4) is 0 Å². The number of aryl methyl sites for hydroxylation is 1. The van der Waals surface area contributed by atoms with E-state index in [1.807, 2.05) is 11.8 Å². The molecular formula is C21H32N2O3. The van der Waals surface area contributed by atoms with Crippen molar-refractivity contribution in [1.82, 2.24) is 10.2 Å². The quantitative estimate of drug-likeness (QED) is 0.748. The van der Waals surface area contributed by atoms with Gasteiger partial charge in [-0.05, 0) is 42.3 Å². The Morgan fingerprint density at radius 1 is 1.19 bits per heavy atom. The summed E-state index contributed by atoms with van der Waals surface area (Å²) in [5.41, 5.74) is 2.62. The predicted octanol–water partition coefficient (Wildman–Crippen LogP) is 2.97. The largest absolute Gasteiger partial charge is 0.480 e. The van der Waals surface area contributed by atoms with Gasteiger partial charge in [-0.25, -0.2) is 0 Å². The number of nitrogens with zero attached hydrogens (tertiary/aromatic N) is 1. The number of carboxylic acid groups (broad SMARTS) is 1. The third-order valence-corrected chi connectivity index (χ3v) is 5.20. The smallest absolute Gasteiger partial charge is 0.317 e. The zero-order valence-corrected chi connectivity index (χ0v) is 16.4. The average Bonchev–Trinajstić information content (AvgIpc) is 2.53. The highest BCUT2D eigenvalue weighted by atomic mass is 16.4. The molecule has 1 aliphatic rings. The van der Waals surface area contributed by atoms with Crippen LogP contribution in [0.1, 0.15) is 58.1 Å². The maximum Gasteiger partial charge on any atom is 0.317 e. The van der Waals surface area contributed by atoms with Gasteiger partial charge in [0.15, 0.2) is 0 Å². The van der Waals surface area contributed by atoms with Gasteiger partial charge >= 0.3 is 5.97 Å². The van der Waals surface area contributed by atoms with Gasteiger partial charge in [0.25, 0.3) is 0 Å². The summed E-state index contributed by atoms with van der Waals surface area (Å²) >= 11 is 0. The topological polar surface area (TPSA) is 69.6 Å². The summed E-state index contributed by atoms with van der Waals surface area (Å²) in [6, 6.07) is 8.96. The zero-order valence-electron chi connectivity index (χ0n) is 16.4. The molecule has 0 radical (unpaired) electrons. The van der Waals surface area contributed by atoms with E-state index in [1.165, 1.54) is 11.1 Å². The molecule has 0 aliphatic heterocycles. The third-order valence-electron chi connectivity index (χ3n) is 5.20. The molecule has 1 saturated carbocycles. The molecule has 1 aromatic rings. The van der Waals surface area contributed by atoms with Crippen molar-refractivity contribution in [2.45, 2.75) is 70.9 Å². The highest BCUT2D eigenvalue weighted by Gasteiger charge is 2.34. The lowest BCUT2D eigenvalue weighted by molar-refractivity contribution is -0.139. The number of hydrogen-bond donors (Lipinski definition) is 2. The molecule has 1 fully saturated rings. The molecule has 0 atom stereocenters. The summed E-state index contributed by atoms with van der Waals surface area (Å²) in [7, 11) is 0. The van der Waals surface area contributed by atoms with E-state index >= 15 is 0 Å². The molecule has 0 bridgehead atoms. The lowest BCUT2D eigenvalue weighted by Gasteiger charge is -2.42. The molecule has 2 rings (SSSR count). The SMILES string of the molecule is CCN(CC(=O)O)C1CC(NC(=O)CCc2ccc(C(C)(C)C)cc2)C1. The van der Waals surface area contributed by atoms with E-state index in [0.717, 1.165) is 25.8 Å². The van der Waals surface area contributed by atoms with Crippen molar-refractivity contribution < 1.29 is 14.7 Å². The minimum absolute atomic E-state index is 0.0758. The number of rotatable bonds is 8. The molecule has 0 aromatic heterocycles. The van der Waals surface area contributed by atoms with E-state index in [1.54, 1.807) is 0 Å². The van der Waals surface area contributed by atoms with Gasteiger partial charge in [-0.2, -0.15) is 0 Å². The standard InChI is InChI=1S/C21H32N2O3/c1-5-23(14-20(25)26)18-12-17(13-18)22-19(24)11-8-15-6-9-16(10-7-15)21(2,3)4/h6-7,9-10,17-18H,5,8,11-14H2,1-4H3,(H,22,24)(H,25,26). The highest BCUT2D eigenvalue weighted by molar-refractivity contribution is 5.76. The number of aliphatic carboxylic acids is 1. The normalized spacial score (nSPS) is 19.9. The molecule has 26 heavy (non-hydrogen) atoms. The van der Waals surface area contributed by atoms with Crippen LogP contribution in [0.25, 0.3) is 0 Å². The van der Waals surface area contributed by atoms with Gasteiger partial charge < -0.3 is 10.4 Å². The van der Waals surface area contributed by atoms with Crippen molar-refractivity contribution >= 4 is 11.9 Å². The number of benzene rings is 1. The Labute approximate surface area is 156 Å². The fourth-order valence-electron chi connectivity index (χ4n) is 3.41. The fraction of sp³-hybridized carbons (Fsp3) is 0.619. The molecule has 1 aliphatic carbocycles. The Kier molecular flexibility index (Phi) is 6.81. The Morgan fingerprint density at radius 2 is 1.81 bits per heavy atom. The van der Waals surface area contributed by atoms with Crippen LogP contribution in [0.5, 0.6) is 0 Å². The molecule has 1 amide bonds. The Hall–Kier alpha value is -1.88. The second-order valence-electron chi connectivity index (χ2n) is 8.29. The molecule has 2 N–H and O–H groups in total. The second kappa shape index (κ2) is 8.67. The first-order valence-corrected chi connectivity index (χ1v) is 9.53. The van der Waals surface area contributed by atoms with E-state index in [0.29, 0.717) is 6.42 Å². The fourth-order valence-corrected chi connectivity index (χ4v) is 3.41. The van der Waals surface area contributed by atoms with E-state index < -0.39 is 5.97 Å². The lowest BCUT2D eigenvalue weighted by Crippen LogP contribution is -2.54. The summed E-state index contributed by atoms with van der Waals surface area (Å²) in [5.74, 6) is -0.716. The van der Waals surface area contributed by atoms with Crippen LogP contribution in [0.2, 0.25) is 0 Å². The van der Waals surface area contributed by atoms with Gasteiger partial charge in [0.1, 0.15) is 0 Å². The van der Waals surface area contributed by atoms with E-state index in [4.69, 9.17) is 5.11 Å². The van der Waals surface area contributed by atoms with Gasteiger partial charge in [0, 0.05) is 18.5 Å². The third kappa shape index (κ3) is 5.84. The molecule has 1 aromatic carbocycles. The first-order valence-electron chi connectivity index (χ1n) is 9.53. The number of amides is 1. The number of hydrogen-bond acceptors (Lipinski definition) is 3. The summed E-state index contributed by atoms with van der Waals surface area (Å²) in [4.78, 5) is 25.0. The van der Waals surface area contributed by atoms with Crippen LogP contribution >= 0.6 is 0 Å². The maximum absolute atomic E-state index is 12.2.